The standard InChI is InChI=1S/C7H8F2N2O/c8-6(9)5(12)4-2-1-3-11-7(4)10/h1-3,5-6,12H,(H2,10,11). The molecule has 3 nitrogen and oxygen atoms in total. The van der Waals surface area contributed by atoms with Gasteiger partial charge >= 0.3 is 0 Å². The summed E-state index contributed by atoms with van der Waals surface area (Å²) in [5.41, 5.74) is 5.22. The van der Waals surface area contributed by atoms with Crippen molar-refractivity contribution in [2.75, 3.05) is 5.73 Å². The number of pyridine rings is 1. The minimum atomic E-state index is -2.84. The Morgan fingerprint density at radius 3 is 2.67 bits per heavy atom. The monoisotopic (exact) mass is 174 g/mol. The molecule has 1 rings (SSSR count). The first-order chi connectivity index (χ1) is 5.63. The molecule has 0 radical (unpaired) electrons. The van der Waals surface area contributed by atoms with E-state index in [4.69, 9.17) is 10.8 Å². The molecule has 3 N–H and O–H groups in total. The Bertz CT molecular complexity index is 267. The molecule has 0 aromatic carbocycles. The molecule has 0 spiro atoms. The number of hydrogen-bond donors (Lipinski definition) is 2. The fourth-order valence-electron chi connectivity index (χ4n) is 0.816. The van der Waals surface area contributed by atoms with Gasteiger partial charge in [-0.25, -0.2) is 13.8 Å². The molecular formula is C7H8F2N2O. The smallest absolute Gasteiger partial charge is 0.268 e. The van der Waals surface area contributed by atoms with Crippen molar-refractivity contribution >= 4 is 5.82 Å². The average molecular weight is 174 g/mol. The fraction of sp³-hybridized carbons (Fsp3) is 0.286. The van der Waals surface area contributed by atoms with E-state index in [-0.39, 0.29) is 11.4 Å². The molecule has 66 valence electrons. The number of nitrogens with two attached hydrogens (primary N) is 1. The Morgan fingerprint density at radius 2 is 2.17 bits per heavy atom. The highest BCUT2D eigenvalue weighted by Gasteiger charge is 2.21. The molecule has 1 aromatic heterocycles. The molecule has 12 heavy (non-hydrogen) atoms. The maximum atomic E-state index is 12.0. The van der Waals surface area contributed by atoms with Crippen molar-refractivity contribution < 1.29 is 13.9 Å². The van der Waals surface area contributed by atoms with Crippen LogP contribution in [0.4, 0.5) is 14.6 Å². The molecule has 0 saturated carbocycles. The average Bonchev–Trinajstić information content (AvgIpc) is 2.04. The van der Waals surface area contributed by atoms with Gasteiger partial charge in [-0.05, 0) is 6.07 Å². The van der Waals surface area contributed by atoms with Crippen LogP contribution in [0.2, 0.25) is 0 Å². The van der Waals surface area contributed by atoms with Crippen LogP contribution in [0.1, 0.15) is 11.7 Å². The van der Waals surface area contributed by atoms with Crippen molar-refractivity contribution in [1.29, 1.82) is 0 Å². The zero-order valence-corrected chi connectivity index (χ0v) is 6.11. The number of anilines is 1. The second-order valence-electron chi connectivity index (χ2n) is 2.26. The largest absolute Gasteiger partial charge is 0.383 e. The number of alkyl halides is 2. The van der Waals surface area contributed by atoms with E-state index in [1.807, 2.05) is 0 Å². The lowest BCUT2D eigenvalue weighted by atomic mass is 10.1. The molecule has 0 aliphatic carbocycles. The van der Waals surface area contributed by atoms with Crippen molar-refractivity contribution in [3.8, 4) is 0 Å². The van der Waals surface area contributed by atoms with Crippen LogP contribution in [-0.4, -0.2) is 16.5 Å². The number of nitrogen functional groups attached to an aromatic ring is 1. The van der Waals surface area contributed by atoms with Gasteiger partial charge in [0.25, 0.3) is 6.43 Å². The van der Waals surface area contributed by atoms with E-state index < -0.39 is 12.5 Å². The molecule has 5 heteroatoms. The quantitative estimate of drug-likeness (QED) is 0.702. The van der Waals surface area contributed by atoms with E-state index in [0.29, 0.717) is 0 Å². The van der Waals surface area contributed by atoms with Gasteiger partial charge in [-0.3, -0.25) is 0 Å². The Kier molecular flexibility index (Phi) is 2.54. The number of aliphatic hydroxyl groups is 1. The van der Waals surface area contributed by atoms with Crippen molar-refractivity contribution in [3.63, 3.8) is 0 Å². The van der Waals surface area contributed by atoms with Gasteiger partial charge in [0.1, 0.15) is 11.9 Å². The summed E-state index contributed by atoms with van der Waals surface area (Å²) >= 11 is 0. The Hall–Kier alpha value is -1.23. The number of halogens is 2. The molecule has 1 heterocycles. The van der Waals surface area contributed by atoms with Gasteiger partial charge in [-0.2, -0.15) is 0 Å². The first-order valence-electron chi connectivity index (χ1n) is 3.29. The van der Waals surface area contributed by atoms with Gasteiger partial charge in [0, 0.05) is 11.8 Å². The maximum Gasteiger partial charge on any atom is 0.268 e. The van der Waals surface area contributed by atoms with Crippen molar-refractivity contribution in [1.82, 2.24) is 4.98 Å². The van der Waals surface area contributed by atoms with Crippen LogP contribution in [0.25, 0.3) is 0 Å². The number of aromatic nitrogens is 1. The molecule has 1 aromatic rings. The summed E-state index contributed by atoms with van der Waals surface area (Å²) in [6.45, 7) is 0. The van der Waals surface area contributed by atoms with Crippen LogP contribution < -0.4 is 5.73 Å². The summed E-state index contributed by atoms with van der Waals surface area (Å²) < 4.78 is 23.9. The normalized spacial score (nSPS) is 13.3. The summed E-state index contributed by atoms with van der Waals surface area (Å²) in [5.74, 6) is -0.0645. The predicted molar refractivity (Wildman–Crippen MR) is 39.6 cm³/mol. The third-order valence-corrected chi connectivity index (χ3v) is 1.43. The molecule has 0 aliphatic rings. The highest BCUT2D eigenvalue weighted by Crippen LogP contribution is 2.23. The number of nitrogens with zero attached hydrogens (tertiary/aromatic N) is 1. The SMILES string of the molecule is Nc1ncccc1C(O)C(F)F. The fourth-order valence-corrected chi connectivity index (χ4v) is 0.816. The molecule has 0 fully saturated rings. The van der Waals surface area contributed by atoms with Crippen LogP contribution in [0.5, 0.6) is 0 Å². The van der Waals surface area contributed by atoms with E-state index in [0.717, 1.165) is 0 Å². The molecule has 0 aliphatic heterocycles. The third-order valence-electron chi connectivity index (χ3n) is 1.43. The second kappa shape index (κ2) is 3.44. The minimum absolute atomic E-state index is 0.0347. The van der Waals surface area contributed by atoms with Gasteiger partial charge in [0.15, 0.2) is 0 Å². The van der Waals surface area contributed by atoms with E-state index >= 15 is 0 Å². The molecule has 1 unspecified atom stereocenters. The van der Waals surface area contributed by atoms with Gasteiger partial charge in [-0.15, -0.1) is 0 Å². The van der Waals surface area contributed by atoms with Gasteiger partial charge in [0.2, 0.25) is 0 Å². The second-order valence-corrected chi connectivity index (χ2v) is 2.26. The zero-order valence-electron chi connectivity index (χ0n) is 6.11. The lowest BCUT2D eigenvalue weighted by Crippen LogP contribution is -2.11. The van der Waals surface area contributed by atoms with Crippen molar-refractivity contribution in [2.24, 2.45) is 0 Å². The van der Waals surface area contributed by atoms with E-state index in [1.54, 1.807) is 0 Å². The summed E-state index contributed by atoms with van der Waals surface area (Å²) in [7, 11) is 0. The minimum Gasteiger partial charge on any atom is -0.383 e. The van der Waals surface area contributed by atoms with Gasteiger partial charge in [0.05, 0.1) is 0 Å². The lowest BCUT2D eigenvalue weighted by Gasteiger charge is -2.10. The summed E-state index contributed by atoms with van der Waals surface area (Å²) in [5, 5.41) is 8.91. The summed E-state index contributed by atoms with van der Waals surface area (Å²) in [4.78, 5) is 3.57. The first kappa shape index (κ1) is 8.86. The number of aliphatic hydroxyl groups excluding tert-OH is 1. The van der Waals surface area contributed by atoms with E-state index in [1.165, 1.54) is 18.3 Å². The number of hydrogen-bond acceptors (Lipinski definition) is 3. The predicted octanol–water partition coefficient (Wildman–Crippen LogP) is 0.962. The van der Waals surface area contributed by atoms with Crippen LogP contribution in [0.3, 0.4) is 0 Å². The highest BCUT2D eigenvalue weighted by molar-refractivity contribution is 5.40. The van der Waals surface area contributed by atoms with Gasteiger partial charge < -0.3 is 10.8 Å². The van der Waals surface area contributed by atoms with E-state index in [2.05, 4.69) is 4.98 Å². The highest BCUT2D eigenvalue weighted by atomic mass is 19.3. The molecule has 1 atom stereocenters. The Balaban J connectivity index is 2.94. The van der Waals surface area contributed by atoms with Crippen LogP contribution in [0.15, 0.2) is 18.3 Å². The molecular weight excluding hydrogens is 166 g/mol. The molecule has 0 saturated heterocycles. The van der Waals surface area contributed by atoms with Crippen LogP contribution in [-0.2, 0) is 0 Å². The van der Waals surface area contributed by atoms with Crippen molar-refractivity contribution in [2.45, 2.75) is 12.5 Å². The topological polar surface area (TPSA) is 59.1 Å². The Labute approximate surface area is 67.8 Å². The molecule has 0 bridgehead atoms. The maximum absolute atomic E-state index is 12.0. The van der Waals surface area contributed by atoms with Crippen molar-refractivity contribution in [3.05, 3.63) is 23.9 Å². The van der Waals surface area contributed by atoms with Crippen LogP contribution in [0, 0.1) is 0 Å². The molecule has 0 amide bonds. The lowest BCUT2D eigenvalue weighted by molar-refractivity contribution is -0.00551. The summed E-state index contributed by atoms with van der Waals surface area (Å²) in [6, 6.07) is 2.76. The zero-order chi connectivity index (χ0) is 9.14. The number of rotatable bonds is 2. The van der Waals surface area contributed by atoms with E-state index in [9.17, 15) is 8.78 Å². The Morgan fingerprint density at radius 1 is 1.50 bits per heavy atom. The third kappa shape index (κ3) is 1.68. The summed E-state index contributed by atoms with van der Waals surface area (Å²) in [6.07, 6.45) is -3.31. The van der Waals surface area contributed by atoms with Crippen LogP contribution >= 0.6 is 0 Å². The first-order valence-corrected chi connectivity index (χ1v) is 3.29. The van der Waals surface area contributed by atoms with Gasteiger partial charge in [-0.1, -0.05) is 6.07 Å².